The summed E-state index contributed by atoms with van der Waals surface area (Å²) in [5, 5.41) is 3.30. The van der Waals surface area contributed by atoms with Gasteiger partial charge in [0.25, 0.3) is 11.1 Å². The molecule has 1 aromatic heterocycles. The number of imide groups is 1. The lowest BCUT2D eigenvalue weighted by molar-refractivity contribution is -0.127. The lowest BCUT2D eigenvalue weighted by atomic mass is 10.1. The van der Waals surface area contributed by atoms with Gasteiger partial charge in [-0.25, -0.2) is 0 Å². The van der Waals surface area contributed by atoms with Gasteiger partial charge in [0.2, 0.25) is 5.91 Å². The number of amides is 3. The highest BCUT2D eigenvalue weighted by Gasteiger charge is 2.36. The van der Waals surface area contributed by atoms with E-state index in [1.165, 1.54) is 0 Å². The maximum absolute atomic E-state index is 12.9. The Morgan fingerprint density at radius 3 is 2.52 bits per heavy atom. The number of nitrogens with one attached hydrogen (secondary N) is 1. The number of carbonyl (C=O) groups is 3. The smallest absolute Gasteiger partial charge is 0.294 e. The Balaban J connectivity index is 1.54. The number of aryl methyl sites for hydroxylation is 1. The van der Waals surface area contributed by atoms with Crippen LogP contribution in [0.3, 0.4) is 0 Å². The molecular formula is C24H23N3O3S. The Morgan fingerprint density at radius 2 is 1.81 bits per heavy atom. The summed E-state index contributed by atoms with van der Waals surface area (Å²) in [6.45, 7) is 5.83. The summed E-state index contributed by atoms with van der Waals surface area (Å²) >= 11 is 0.862. The van der Waals surface area contributed by atoms with E-state index in [2.05, 4.69) is 23.7 Å². The van der Waals surface area contributed by atoms with Crippen molar-refractivity contribution in [2.45, 2.75) is 26.8 Å². The molecule has 1 aliphatic heterocycles. The van der Waals surface area contributed by atoms with E-state index >= 15 is 0 Å². The predicted octanol–water partition coefficient (Wildman–Crippen LogP) is 5.21. The van der Waals surface area contributed by atoms with Gasteiger partial charge in [0.05, 0.1) is 4.91 Å². The second-order valence-electron chi connectivity index (χ2n) is 7.78. The molecule has 4 rings (SSSR count). The molecule has 2 aromatic carbocycles. The maximum Gasteiger partial charge on any atom is 0.294 e. The van der Waals surface area contributed by atoms with Crippen LogP contribution in [0.5, 0.6) is 0 Å². The average molecular weight is 434 g/mol. The van der Waals surface area contributed by atoms with E-state index in [1.54, 1.807) is 18.2 Å². The minimum Gasteiger partial charge on any atom is -0.344 e. The molecule has 2 heterocycles. The number of carbonyl (C=O) groups excluding carboxylic acids is 3. The predicted molar refractivity (Wildman–Crippen MR) is 125 cm³/mol. The lowest BCUT2D eigenvalue weighted by Gasteiger charge is -2.12. The number of aromatic nitrogens is 1. The van der Waals surface area contributed by atoms with Gasteiger partial charge < -0.3 is 9.88 Å². The van der Waals surface area contributed by atoms with Gasteiger partial charge in [-0.05, 0) is 56.8 Å². The first kappa shape index (κ1) is 20.9. The molecule has 0 unspecified atom stereocenters. The molecule has 3 aromatic rings. The zero-order chi connectivity index (χ0) is 22.1. The first-order valence-electron chi connectivity index (χ1n) is 10.0. The largest absolute Gasteiger partial charge is 0.344 e. The van der Waals surface area contributed by atoms with Crippen LogP contribution in [0.1, 0.15) is 31.0 Å². The molecule has 0 atom stereocenters. The molecule has 3 amide bonds. The first-order chi connectivity index (χ1) is 14.8. The number of hydrogen-bond donors (Lipinski definition) is 1. The first-order valence-corrected chi connectivity index (χ1v) is 10.9. The Bertz CT molecular complexity index is 1210. The van der Waals surface area contributed by atoms with Crippen molar-refractivity contribution in [2.24, 2.45) is 0 Å². The number of fused-ring (bicyclic) bond motifs is 1. The number of hydrogen-bond acceptors (Lipinski definition) is 4. The monoisotopic (exact) mass is 433 g/mol. The molecule has 31 heavy (non-hydrogen) atoms. The normalized spacial score (nSPS) is 15.5. The SMILES string of the molecule is Cc1ccc(NC(=O)CN2C(=O)SC(=Cc3cn(C(C)C)c4ccccc34)C2=O)cc1. The van der Waals surface area contributed by atoms with Crippen molar-refractivity contribution in [1.82, 2.24) is 9.47 Å². The fourth-order valence-electron chi connectivity index (χ4n) is 3.53. The summed E-state index contributed by atoms with van der Waals surface area (Å²) in [4.78, 5) is 39.0. The van der Waals surface area contributed by atoms with Gasteiger partial charge in [0.1, 0.15) is 6.54 Å². The third-order valence-electron chi connectivity index (χ3n) is 5.12. The van der Waals surface area contributed by atoms with Crippen molar-refractivity contribution in [2.75, 3.05) is 11.9 Å². The van der Waals surface area contributed by atoms with Crippen LogP contribution in [-0.2, 0) is 9.59 Å². The molecular weight excluding hydrogens is 410 g/mol. The number of para-hydroxylation sites is 1. The van der Waals surface area contributed by atoms with Crippen LogP contribution in [0.2, 0.25) is 0 Å². The summed E-state index contributed by atoms with van der Waals surface area (Å²) in [6, 6.07) is 15.5. The van der Waals surface area contributed by atoms with Crippen molar-refractivity contribution in [3.05, 3.63) is 70.8 Å². The summed E-state index contributed by atoms with van der Waals surface area (Å²) in [7, 11) is 0. The van der Waals surface area contributed by atoms with E-state index in [0.29, 0.717) is 10.6 Å². The molecule has 0 saturated carbocycles. The summed E-state index contributed by atoms with van der Waals surface area (Å²) in [5.74, 6) is -0.862. The van der Waals surface area contributed by atoms with Crippen molar-refractivity contribution >= 4 is 51.5 Å². The van der Waals surface area contributed by atoms with Crippen LogP contribution in [-0.4, -0.2) is 33.1 Å². The molecule has 7 heteroatoms. The molecule has 6 nitrogen and oxygen atoms in total. The van der Waals surface area contributed by atoms with Crippen LogP contribution in [0.25, 0.3) is 17.0 Å². The van der Waals surface area contributed by atoms with Crippen LogP contribution in [0, 0.1) is 6.92 Å². The third kappa shape index (κ3) is 4.27. The zero-order valence-electron chi connectivity index (χ0n) is 17.6. The summed E-state index contributed by atoms with van der Waals surface area (Å²) in [5.41, 5.74) is 3.65. The van der Waals surface area contributed by atoms with Crippen molar-refractivity contribution in [3.63, 3.8) is 0 Å². The number of nitrogens with zero attached hydrogens (tertiary/aromatic N) is 2. The van der Waals surface area contributed by atoms with Crippen molar-refractivity contribution in [1.29, 1.82) is 0 Å². The number of benzene rings is 2. The molecule has 0 spiro atoms. The highest BCUT2D eigenvalue weighted by Crippen LogP contribution is 2.34. The van der Waals surface area contributed by atoms with Crippen molar-refractivity contribution in [3.8, 4) is 0 Å². The van der Waals surface area contributed by atoms with Crippen LogP contribution < -0.4 is 5.32 Å². The Labute approximate surface area is 184 Å². The van der Waals surface area contributed by atoms with E-state index < -0.39 is 17.1 Å². The fraction of sp³-hybridized carbons (Fsp3) is 0.208. The number of anilines is 1. The molecule has 0 aliphatic carbocycles. The van der Waals surface area contributed by atoms with Gasteiger partial charge in [-0.2, -0.15) is 0 Å². The van der Waals surface area contributed by atoms with Crippen LogP contribution >= 0.6 is 11.8 Å². The van der Waals surface area contributed by atoms with Crippen LogP contribution in [0.4, 0.5) is 10.5 Å². The van der Waals surface area contributed by atoms with E-state index in [1.807, 2.05) is 49.5 Å². The molecule has 1 aliphatic rings. The van der Waals surface area contributed by atoms with E-state index in [4.69, 9.17) is 0 Å². The maximum atomic E-state index is 12.9. The van der Waals surface area contributed by atoms with Gasteiger partial charge in [0, 0.05) is 34.4 Å². The topological polar surface area (TPSA) is 71.4 Å². The zero-order valence-corrected chi connectivity index (χ0v) is 18.4. The number of thioether (sulfide) groups is 1. The van der Waals surface area contributed by atoms with Gasteiger partial charge in [-0.15, -0.1) is 0 Å². The minimum atomic E-state index is -0.449. The molecule has 0 radical (unpaired) electrons. The van der Waals surface area contributed by atoms with Gasteiger partial charge in [0.15, 0.2) is 0 Å². The average Bonchev–Trinajstić information content (AvgIpc) is 3.23. The standard InChI is InChI=1S/C24H23N3O3S/c1-15(2)26-13-17(19-6-4-5-7-20(19)26)12-21-23(29)27(24(30)31-21)14-22(28)25-18-10-8-16(3)9-11-18/h4-13,15H,14H2,1-3H3,(H,25,28). The highest BCUT2D eigenvalue weighted by atomic mass is 32.2. The molecule has 0 bridgehead atoms. The van der Waals surface area contributed by atoms with Crippen LogP contribution in [0.15, 0.2) is 59.6 Å². The second kappa shape index (κ2) is 8.43. The Morgan fingerprint density at radius 1 is 1.10 bits per heavy atom. The molecule has 1 N–H and O–H groups in total. The fourth-order valence-corrected chi connectivity index (χ4v) is 4.36. The Hall–Kier alpha value is -3.32. The second-order valence-corrected chi connectivity index (χ2v) is 8.78. The van der Waals surface area contributed by atoms with Gasteiger partial charge >= 0.3 is 0 Å². The van der Waals surface area contributed by atoms with E-state index in [9.17, 15) is 14.4 Å². The molecule has 158 valence electrons. The lowest BCUT2D eigenvalue weighted by Crippen LogP contribution is -2.36. The van der Waals surface area contributed by atoms with Gasteiger partial charge in [-0.3, -0.25) is 19.3 Å². The summed E-state index contributed by atoms with van der Waals surface area (Å²) < 4.78 is 2.14. The Kier molecular flexibility index (Phi) is 5.69. The van der Waals surface area contributed by atoms with E-state index in [-0.39, 0.29) is 12.6 Å². The number of rotatable bonds is 5. The third-order valence-corrected chi connectivity index (χ3v) is 6.03. The quantitative estimate of drug-likeness (QED) is 0.561. The van der Waals surface area contributed by atoms with E-state index in [0.717, 1.165) is 38.7 Å². The molecule has 1 fully saturated rings. The minimum absolute atomic E-state index is 0.257. The van der Waals surface area contributed by atoms with Crippen molar-refractivity contribution < 1.29 is 14.4 Å². The highest BCUT2D eigenvalue weighted by molar-refractivity contribution is 8.18. The van der Waals surface area contributed by atoms with Gasteiger partial charge in [-0.1, -0.05) is 35.9 Å². The molecule has 1 saturated heterocycles. The summed E-state index contributed by atoms with van der Waals surface area (Å²) in [6.07, 6.45) is 3.73.